The second kappa shape index (κ2) is 9.40. The molecule has 0 saturated carbocycles. The van der Waals surface area contributed by atoms with Crippen molar-refractivity contribution in [3.05, 3.63) is 99.6 Å². The van der Waals surface area contributed by atoms with E-state index in [-0.39, 0.29) is 24.2 Å². The number of benzene rings is 3. The largest absolute Gasteiger partial charge is 0.348 e. The molecule has 0 aromatic heterocycles. The summed E-state index contributed by atoms with van der Waals surface area (Å²) in [5, 5.41) is 2.42. The molecule has 0 aliphatic carbocycles. The number of hydrogen-bond donors (Lipinski definition) is 1. The monoisotopic (exact) mass is 485 g/mol. The Labute approximate surface area is 200 Å². The van der Waals surface area contributed by atoms with Gasteiger partial charge in [0.15, 0.2) is 0 Å². The highest BCUT2D eigenvalue weighted by molar-refractivity contribution is 5.99. The van der Waals surface area contributed by atoms with E-state index in [0.29, 0.717) is 23.4 Å². The number of fused-ring (bicyclic) bond motifs is 1. The number of nitrogens with one attached hydrogen (secondary N) is 1. The molecule has 0 fully saturated rings. The average molecular weight is 485 g/mol. The zero-order valence-corrected chi connectivity index (χ0v) is 19.3. The fourth-order valence-corrected chi connectivity index (χ4v) is 4.06. The highest BCUT2D eigenvalue weighted by atomic mass is 19.1. The summed E-state index contributed by atoms with van der Waals surface area (Å²) in [5.74, 6) is -4.36. The van der Waals surface area contributed by atoms with Crippen LogP contribution in [0, 0.1) is 30.2 Å². The Morgan fingerprint density at radius 2 is 1.66 bits per heavy atom. The lowest BCUT2D eigenvalue weighted by Crippen LogP contribution is -2.46. The van der Waals surface area contributed by atoms with Gasteiger partial charge in [0.05, 0.1) is 18.3 Å². The zero-order valence-electron chi connectivity index (χ0n) is 19.3. The first-order chi connectivity index (χ1) is 16.6. The van der Waals surface area contributed by atoms with Gasteiger partial charge in [-0.1, -0.05) is 18.2 Å². The SMILES string of the molecule is Cc1ccc(CN2C(=O)N(C)[C@@H](C)c3ccc(C(=O)NCc4c(F)cc(F)cc4F)cc32)c(F)c1. The van der Waals surface area contributed by atoms with Crippen LogP contribution in [-0.4, -0.2) is 23.9 Å². The molecule has 0 saturated heterocycles. The topological polar surface area (TPSA) is 52.7 Å². The van der Waals surface area contributed by atoms with Gasteiger partial charge in [0, 0.05) is 42.4 Å². The first-order valence-electron chi connectivity index (χ1n) is 10.9. The minimum absolute atomic E-state index is 0.0495. The molecule has 0 bridgehead atoms. The molecule has 0 radical (unpaired) electrons. The van der Waals surface area contributed by atoms with Crippen molar-refractivity contribution in [1.29, 1.82) is 0 Å². The van der Waals surface area contributed by atoms with Crippen molar-refractivity contribution < 1.29 is 27.2 Å². The Hall–Kier alpha value is -3.88. The fraction of sp³-hybridized carbons (Fsp3) is 0.231. The molecular weight excluding hydrogens is 462 g/mol. The van der Waals surface area contributed by atoms with Crippen molar-refractivity contribution >= 4 is 17.6 Å². The first-order valence-corrected chi connectivity index (χ1v) is 10.9. The molecule has 0 unspecified atom stereocenters. The molecule has 1 N–H and O–H groups in total. The second-order valence-corrected chi connectivity index (χ2v) is 8.55. The summed E-state index contributed by atoms with van der Waals surface area (Å²) in [6.07, 6.45) is 0. The Morgan fingerprint density at radius 3 is 2.31 bits per heavy atom. The van der Waals surface area contributed by atoms with Crippen LogP contribution in [0.15, 0.2) is 48.5 Å². The Morgan fingerprint density at radius 1 is 0.971 bits per heavy atom. The maximum absolute atomic E-state index is 14.5. The number of rotatable bonds is 5. The van der Waals surface area contributed by atoms with Crippen LogP contribution in [0.4, 0.5) is 28.0 Å². The molecule has 5 nitrogen and oxygen atoms in total. The van der Waals surface area contributed by atoms with E-state index in [9.17, 15) is 27.2 Å². The third-order valence-electron chi connectivity index (χ3n) is 6.22. The summed E-state index contributed by atoms with van der Waals surface area (Å²) >= 11 is 0. The van der Waals surface area contributed by atoms with Gasteiger partial charge in [0.25, 0.3) is 5.91 Å². The molecule has 182 valence electrons. The van der Waals surface area contributed by atoms with E-state index in [1.807, 2.05) is 6.92 Å². The number of aryl methyl sites for hydroxylation is 1. The molecule has 0 spiro atoms. The molecule has 3 aromatic rings. The van der Waals surface area contributed by atoms with Crippen molar-refractivity contribution in [3.8, 4) is 0 Å². The Bertz CT molecular complexity index is 1300. The molecule has 1 aliphatic heterocycles. The van der Waals surface area contributed by atoms with Crippen molar-refractivity contribution in [3.63, 3.8) is 0 Å². The number of hydrogen-bond acceptors (Lipinski definition) is 2. The predicted octanol–water partition coefficient (Wildman–Crippen LogP) is 5.61. The highest BCUT2D eigenvalue weighted by Crippen LogP contribution is 2.37. The third-order valence-corrected chi connectivity index (χ3v) is 6.22. The molecule has 35 heavy (non-hydrogen) atoms. The van der Waals surface area contributed by atoms with Gasteiger partial charge in [-0.3, -0.25) is 9.69 Å². The van der Waals surface area contributed by atoms with E-state index in [1.165, 1.54) is 28.0 Å². The summed E-state index contributed by atoms with van der Waals surface area (Å²) in [5.41, 5.74) is 1.93. The summed E-state index contributed by atoms with van der Waals surface area (Å²) < 4.78 is 55.5. The molecule has 1 heterocycles. The van der Waals surface area contributed by atoms with Crippen LogP contribution < -0.4 is 10.2 Å². The Balaban J connectivity index is 1.63. The van der Waals surface area contributed by atoms with Gasteiger partial charge in [-0.2, -0.15) is 0 Å². The fourth-order valence-electron chi connectivity index (χ4n) is 4.06. The van der Waals surface area contributed by atoms with Crippen LogP contribution >= 0.6 is 0 Å². The number of nitrogens with zero attached hydrogens (tertiary/aromatic N) is 2. The second-order valence-electron chi connectivity index (χ2n) is 8.55. The molecule has 4 rings (SSSR count). The summed E-state index contributed by atoms with van der Waals surface area (Å²) in [6.45, 7) is 3.05. The lowest BCUT2D eigenvalue weighted by atomic mass is 9.98. The summed E-state index contributed by atoms with van der Waals surface area (Å²) in [7, 11) is 1.64. The molecule has 1 atom stereocenters. The van der Waals surface area contributed by atoms with Crippen LogP contribution in [0.25, 0.3) is 0 Å². The number of amides is 3. The van der Waals surface area contributed by atoms with Crippen molar-refractivity contribution in [1.82, 2.24) is 10.2 Å². The lowest BCUT2D eigenvalue weighted by Gasteiger charge is -2.39. The smallest absolute Gasteiger partial charge is 0.325 e. The predicted molar refractivity (Wildman–Crippen MR) is 123 cm³/mol. The van der Waals surface area contributed by atoms with E-state index in [1.54, 1.807) is 32.2 Å². The molecule has 1 aliphatic rings. The normalized spacial score (nSPS) is 15.3. The number of urea groups is 1. The number of carbonyl (C=O) groups excluding carboxylic acids is 2. The highest BCUT2D eigenvalue weighted by Gasteiger charge is 2.34. The van der Waals surface area contributed by atoms with Crippen molar-refractivity contribution in [2.24, 2.45) is 0 Å². The molecule has 9 heteroatoms. The van der Waals surface area contributed by atoms with Crippen LogP contribution in [-0.2, 0) is 13.1 Å². The van der Waals surface area contributed by atoms with Gasteiger partial charge in [-0.15, -0.1) is 0 Å². The standard InChI is InChI=1S/C26H23F4N3O2/c1-14-4-5-17(21(28)8-14)13-33-24-9-16(6-7-19(24)15(2)32(3)26(33)35)25(34)31-12-20-22(29)10-18(27)11-23(20)30/h4-11,15H,12-13H2,1-3H3,(H,31,34)/t15-/m0/s1. The maximum Gasteiger partial charge on any atom is 0.325 e. The Kier molecular flexibility index (Phi) is 6.51. The van der Waals surface area contributed by atoms with E-state index in [0.717, 1.165) is 11.1 Å². The van der Waals surface area contributed by atoms with Gasteiger partial charge in [-0.25, -0.2) is 22.4 Å². The number of carbonyl (C=O) groups is 2. The van der Waals surface area contributed by atoms with Crippen molar-refractivity contribution in [2.75, 3.05) is 11.9 Å². The van der Waals surface area contributed by atoms with Crippen LogP contribution in [0.1, 0.15) is 45.6 Å². The van der Waals surface area contributed by atoms with Gasteiger partial charge in [0.1, 0.15) is 23.3 Å². The lowest BCUT2D eigenvalue weighted by molar-refractivity contribution is 0.0950. The van der Waals surface area contributed by atoms with E-state index < -0.39 is 41.3 Å². The van der Waals surface area contributed by atoms with Gasteiger partial charge >= 0.3 is 6.03 Å². The van der Waals surface area contributed by atoms with Gasteiger partial charge in [-0.05, 0) is 43.2 Å². The van der Waals surface area contributed by atoms with Crippen LogP contribution in [0.3, 0.4) is 0 Å². The molecule has 3 amide bonds. The molecular formula is C26H23F4N3O2. The minimum Gasteiger partial charge on any atom is -0.348 e. The minimum atomic E-state index is -1.11. The van der Waals surface area contributed by atoms with Crippen LogP contribution in [0.2, 0.25) is 0 Å². The molecule has 3 aromatic carbocycles. The summed E-state index contributed by atoms with van der Waals surface area (Å²) in [6, 6.07) is 9.88. The first kappa shape index (κ1) is 24.3. The third kappa shape index (κ3) is 4.71. The van der Waals surface area contributed by atoms with Gasteiger partial charge < -0.3 is 10.2 Å². The number of halogens is 4. The van der Waals surface area contributed by atoms with Crippen LogP contribution in [0.5, 0.6) is 0 Å². The zero-order chi connectivity index (χ0) is 25.4. The van der Waals surface area contributed by atoms with Gasteiger partial charge in [0.2, 0.25) is 0 Å². The van der Waals surface area contributed by atoms with E-state index in [2.05, 4.69) is 5.32 Å². The van der Waals surface area contributed by atoms with Crippen molar-refractivity contribution in [2.45, 2.75) is 33.0 Å². The average Bonchev–Trinajstić information content (AvgIpc) is 2.80. The van der Waals surface area contributed by atoms with E-state index >= 15 is 0 Å². The maximum atomic E-state index is 14.5. The van der Waals surface area contributed by atoms with E-state index in [4.69, 9.17) is 0 Å². The summed E-state index contributed by atoms with van der Waals surface area (Å²) in [4.78, 5) is 28.8. The quantitative estimate of drug-likeness (QED) is 0.478. The number of anilines is 1.